The van der Waals surface area contributed by atoms with Crippen LogP contribution in [0.25, 0.3) is 0 Å². The first-order chi connectivity index (χ1) is 15.8. The van der Waals surface area contributed by atoms with Crippen LogP contribution in [0.1, 0.15) is 24.0 Å². The summed E-state index contributed by atoms with van der Waals surface area (Å²) in [7, 11) is 1.61. The van der Waals surface area contributed by atoms with Crippen LogP contribution in [0.4, 0.5) is 11.4 Å². The highest BCUT2D eigenvalue weighted by molar-refractivity contribution is 6.33. The zero-order valence-electron chi connectivity index (χ0n) is 18.8. The van der Waals surface area contributed by atoms with E-state index in [1.165, 1.54) is 10.5 Å². The predicted molar refractivity (Wildman–Crippen MR) is 127 cm³/mol. The molecule has 8 heteroatoms. The molecule has 1 fully saturated rings. The Labute approximate surface area is 199 Å². The molecule has 1 atom stereocenters. The molecule has 2 heterocycles. The van der Waals surface area contributed by atoms with Gasteiger partial charge in [-0.1, -0.05) is 41.4 Å². The number of hydrogen-bond acceptors (Lipinski definition) is 6. The molecular formula is C25H26ClN5O2. The van der Waals surface area contributed by atoms with Crippen LogP contribution in [0, 0.1) is 35.1 Å². The lowest BCUT2D eigenvalue weighted by Gasteiger charge is -2.39. The first-order valence-corrected chi connectivity index (χ1v) is 11.3. The number of likely N-dealkylation sites (tertiary alicyclic amines) is 1. The Morgan fingerprint density at radius 1 is 1.27 bits per heavy atom. The third-order valence-corrected chi connectivity index (χ3v) is 6.82. The zero-order valence-corrected chi connectivity index (χ0v) is 19.5. The summed E-state index contributed by atoms with van der Waals surface area (Å²) in [6, 6.07) is 14.2. The van der Waals surface area contributed by atoms with Crippen molar-refractivity contribution in [2.45, 2.75) is 32.3 Å². The molecule has 0 radical (unpaired) electrons. The highest BCUT2D eigenvalue weighted by Crippen LogP contribution is 2.39. The number of aryl methyl sites for hydroxylation is 1. The number of nitriles is 2. The van der Waals surface area contributed by atoms with Crippen molar-refractivity contribution >= 4 is 28.9 Å². The molecule has 1 unspecified atom stereocenters. The summed E-state index contributed by atoms with van der Waals surface area (Å²) in [5, 5.41) is 22.7. The molecule has 1 amide bonds. The minimum atomic E-state index is -0.675. The van der Waals surface area contributed by atoms with E-state index in [0.717, 1.165) is 5.56 Å². The molecule has 1 saturated heterocycles. The molecule has 4 rings (SSSR count). The predicted octanol–water partition coefficient (Wildman–Crippen LogP) is 4.11. The molecular weight excluding hydrogens is 438 g/mol. The van der Waals surface area contributed by atoms with E-state index in [4.69, 9.17) is 16.3 Å². The minimum absolute atomic E-state index is 0.0971. The Kier molecular flexibility index (Phi) is 6.35. The topological polar surface area (TPSA) is 92.4 Å². The first-order valence-electron chi connectivity index (χ1n) is 11.0. The number of hydrogen-bond donors (Lipinski definition) is 1. The van der Waals surface area contributed by atoms with Gasteiger partial charge in [-0.15, -0.1) is 0 Å². The number of carbonyl (C=O) groups excluding carboxylic acids is 1. The highest BCUT2D eigenvalue weighted by atomic mass is 35.5. The van der Waals surface area contributed by atoms with E-state index in [1.54, 1.807) is 24.1 Å². The molecule has 170 valence electrons. The number of piperidine rings is 1. The van der Waals surface area contributed by atoms with Gasteiger partial charge in [-0.25, -0.2) is 0 Å². The monoisotopic (exact) mass is 463 g/mol. The lowest BCUT2D eigenvalue weighted by atomic mass is 9.75. The van der Waals surface area contributed by atoms with Crippen molar-refractivity contribution in [1.29, 1.82) is 10.5 Å². The van der Waals surface area contributed by atoms with Gasteiger partial charge in [0.2, 0.25) is 0 Å². The van der Waals surface area contributed by atoms with Gasteiger partial charge in [0.1, 0.15) is 5.75 Å². The molecule has 2 aliphatic rings. The Morgan fingerprint density at radius 2 is 1.97 bits per heavy atom. The number of benzene rings is 2. The summed E-state index contributed by atoms with van der Waals surface area (Å²) in [6.07, 6.45) is 3.30. The van der Waals surface area contributed by atoms with E-state index in [0.29, 0.717) is 61.0 Å². The molecule has 2 aromatic carbocycles. The van der Waals surface area contributed by atoms with Gasteiger partial charge in [-0.05, 0) is 37.8 Å². The number of halogens is 1. The highest BCUT2D eigenvalue weighted by Gasteiger charge is 2.39. The Hall–Kier alpha value is -3.42. The van der Waals surface area contributed by atoms with Crippen LogP contribution in [0.5, 0.6) is 5.75 Å². The summed E-state index contributed by atoms with van der Waals surface area (Å²) in [5.41, 5.74) is 3.09. The molecule has 2 aromatic rings. The van der Waals surface area contributed by atoms with Crippen LogP contribution in [0.2, 0.25) is 5.02 Å². The number of rotatable bonds is 4. The van der Waals surface area contributed by atoms with Crippen molar-refractivity contribution in [1.82, 2.24) is 4.90 Å². The maximum atomic E-state index is 13.2. The summed E-state index contributed by atoms with van der Waals surface area (Å²) in [6.45, 7) is 3.42. The summed E-state index contributed by atoms with van der Waals surface area (Å²) < 4.78 is 6.01. The van der Waals surface area contributed by atoms with Crippen molar-refractivity contribution in [3.05, 3.63) is 52.5 Å². The van der Waals surface area contributed by atoms with Crippen LogP contribution in [0.3, 0.4) is 0 Å². The number of fused-ring (bicyclic) bond motifs is 1. The van der Waals surface area contributed by atoms with Gasteiger partial charge in [0, 0.05) is 26.2 Å². The Morgan fingerprint density at radius 3 is 2.61 bits per heavy atom. The maximum absolute atomic E-state index is 13.2. The largest absolute Gasteiger partial charge is 0.476 e. The average molecular weight is 464 g/mol. The van der Waals surface area contributed by atoms with Gasteiger partial charge in [-0.2, -0.15) is 10.5 Å². The smallest absolute Gasteiger partial charge is 0.265 e. The number of nitrogens with zero attached hydrogens (tertiary/aromatic N) is 4. The number of amides is 1. The number of carbonyl (C=O) groups is 1. The third-order valence-electron chi connectivity index (χ3n) is 6.52. The lowest BCUT2D eigenvalue weighted by Crippen LogP contribution is -2.51. The second kappa shape index (κ2) is 9.21. The van der Waals surface area contributed by atoms with Crippen LogP contribution >= 0.6 is 11.6 Å². The maximum Gasteiger partial charge on any atom is 0.265 e. The Balaban J connectivity index is 1.41. The molecule has 33 heavy (non-hydrogen) atoms. The van der Waals surface area contributed by atoms with E-state index >= 15 is 0 Å². The van der Waals surface area contributed by atoms with Gasteiger partial charge in [-0.3, -0.25) is 9.69 Å². The van der Waals surface area contributed by atoms with Crippen LogP contribution in [-0.2, 0) is 11.2 Å². The quantitative estimate of drug-likeness (QED) is 0.541. The lowest BCUT2D eigenvalue weighted by molar-refractivity contribution is -0.140. The number of anilines is 2. The van der Waals surface area contributed by atoms with E-state index < -0.39 is 11.5 Å². The standard InChI is InChI=1S/C25H26ClN5O2/c1-17-3-5-18(6-4-17)13-25(15-27)7-9-31(10-8-25)24(32)23-14-29-20-11-19(26)21(30(2)16-28)12-22(20)33-23/h3-6,11-12,23,29H,7-10,13-14H2,1-2H3. The van der Waals surface area contributed by atoms with Crippen LogP contribution < -0.4 is 15.0 Å². The van der Waals surface area contributed by atoms with Crippen LogP contribution in [0.15, 0.2) is 36.4 Å². The third kappa shape index (κ3) is 4.69. The fourth-order valence-corrected chi connectivity index (χ4v) is 4.70. The second-order valence-corrected chi connectivity index (χ2v) is 9.23. The molecule has 0 spiro atoms. The molecule has 2 aliphatic heterocycles. The van der Waals surface area contributed by atoms with Gasteiger partial charge in [0.15, 0.2) is 12.3 Å². The zero-order chi connectivity index (χ0) is 23.6. The first kappa shape index (κ1) is 22.8. The average Bonchev–Trinajstić information content (AvgIpc) is 2.84. The summed E-state index contributed by atoms with van der Waals surface area (Å²) >= 11 is 6.27. The molecule has 1 N–H and O–H groups in total. The normalized spacial score (nSPS) is 18.7. The van der Waals surface area contributed by atoms with Gasteiger partial charge < -0.3 is 15.0 Å². The van der Waals surface area contributed by atoms with E-state index in [9.17, 15) is 15.3 Å². The van der Waals surface area contributed by atoms with Crippen molar-refractivity contribution in [2.24, 2.45) is 5.41 Å². The van der Waals surface area contributed by atoms with E-state index in [1.807, 2.05) is 13.1 Å². The number of ether oxygens (including phenoxy) is 1. The minimum Gasteiger partial charge on any atom is -0.476 e. The van der Waals surface area contributed by atoms with Crippen molar-refractivity contribution < 1.29 is 9.53 Å². The van der Waals surface area contributed by atoms with Crippen molar-refractivity contribution in [3.8, 4) is 18.0 Å². The van der Waals surface area contributed by atoms with E-state index in [2.05, 4.69) is 35.7 Å². The summed E-state index contributed by atoms with van der Waals surface area (Å²) in [5.74, 6) is 0.393. The van der Waals surface area contributed by atoms with Gasteiger partial charge >= 0.3 is 0 Å². The molecule has 0 aromatic heterocycles. The molecule has 0 aliphatic carbocycles. The fourth-order valence-electron chi connectivity index (χ4n) is 4.41. The second-order valence-electron chi connectivity index (χ2n) is 8.83. The molecule has 0 bridgehead atoms. The van der Waals surface area contributed by atoms with E-state index in [-0.39, 0.29) is 5.91 Å². The summed E-state index contributed by atoms with van der Waals surface area (Å²) in [4.78, 5) is 16.3. The SMILES string of the molecule is Cc1ccc(CC2(C#N)CCN(C(=O)C3CNc4cc(Cl)c(N(C)C#N)cc4O3)CC2)cc1. The number of nitrogens with one attached hydrogen (secondary N) is 1. The fraction of sp³-hybridized carbons (Fsp3) is 0.400. The van der Waals surface area contributed by atoms with Gasteiger partial charge in [0.25, 0.3) is 5.91 Å². The van der Waals surface area contributed by atoms with Crippen molar-refractivity contribution in [3.63, 3.8) is 0 Å². The van der Waals surface area contributed by atoms with Crippen molar-refractivity contribution in [2.75, 3.05) is 36.9 Å². The molecule has 7 nitrogen and oxygen atoms in total. The van der Waals surface area contributed by atoms with Gasteiger partial charge in [0.05, 0.1) is 34.4 Å². The van der Waals surface area contributed by atoms with Crippen LogP contribution in [-0.4, -0.2) is 43.6 Å². The Bertz CT molecular complexity index is 1130. The molecule has 0 saturated carbocycles.